The van der Waals surface area contributed by atoms with Gasteiger partial charge in [0.05, 0.1) is 5.56 Å². The van der Waals surface area contributed by atoms with E-state index >= 15 is 0 Å². The first-order chi connectivity index (χ1) is 12.6. The molecule has 1 N–H and O–H groups in total. The number of aryl methyl sites for hydroxylation is 1. The Morgan fingerprint density at radius 3 is 2.65 bits per heavy atom. The number of rotatable bonds is 4. The van der Waals surface area contributed by atoms with Crippen molar-refractivity contribution in [1.29, 1.82) is 0 Å². The van der Waals surface area contributed by atoms with Crippen molar-refractivity contribution in [3.8, 4) is 0 Å². The molecule has 26 heavy (non-hydrogen) atoms. The molecule has 2 heterocycles. The van der Waals surface area contributed by atoms with Crippen molar-refractivity contribution < 1.29 is 18.7 Å². The predicted octanol–water partition coefficient (Wildman–Crippen LogP) is 3.63. The number of furan rings is 1. The van der Waals surface area contributed by atoms with Gasteiger partial charge in [0, 0.05) is 29.7 Å². The number of anilines is 1. The van der Waals surface area contributed by atoms with E-state index in [-0.39, 0.29) is 12.6 Å². The topological polar surface area (TPSA) is 71.8 Å². The third-order valence-electron chi connectivity index (χ3n) is 4.55. The summed E-state index contributed by atoms with van der Waals surface area (Å²) in [6, 6.07) is 14.4. The summed E-state index contributed by atoms with van der Waals surface area (Å²) in [5.41, 5.74) is 2.94. The summed E-state index contributed by atoms with van der Waals surface area (Å²) in [5.74, 6) is 0.215. The predicted molar refractivity (Wildman–Crippen MR) is 97.3 cm³/mol. The van der Waals surface area contributed by atoms with Crippen molar-refractivity contribution in [2.45, 2.75) is 13.5 Å². The Morgan fingerprint density at radius 1 is 1.19 bits per heavy atom. The molecule has 0 aliphatic carbocycles. The van der Waals surface area contributed by atoms with E-state index in [4.69, 9.17) is 9.15 Å². The van der Waals surface area contributed by atoms with Crippen LogP contribution in [-0.2, 0) is 11.3 Å². The summed E-state index contributed by atoms with van der Waals surface area (Å²) in [5, 5.41) is 3.77. The molecule has 0 radical (unpaired) electrons. The van der Waals surface area contributed by atoms with Crippen molar-refractivity contribution in [3.63, 3.8) is 0 Å². The van der Waals surface area contributed by atoms with E-state index in [1.165, 1.54) is 0 Å². The van der Waals surface area contributed by atoms with Crippen LogP contribution in [0, 0.1) is 6.92 Å². The first-order valence-electron chi connectivity index (χ1n) is 8.43. The Labute approximate surface area is 150 Å². The van der Waals surface area contributed by atoms with Crippen LogP contribution in [0.25, 0.3) is 11.0 Å². The molecule has 0 spiro atoms. The fourth-order valence-electron chi connectivity index (χ4n) is 3.07. The number of nitrogens with zero attached hydrogens (tertiary/aromatic N) is 1. The molecule has 6 nitrogen and oxygen atoms in total. The van der Waals surface area contributed by atoms with Crippen LogP contribution in [0.15, 0.2) is 52.9 Å². The highest BCUT2D eigenvalue weighted by Crippen LogP contribution is 2.25. The molecule has 3 aromatic rings. The van der Waals surface area contributed by atoms with Gasteiger partial charge in [-0.15, -0.1) is 0 Å². The number of nitrogens with one attached hydrogen (secondary N) is 1. The maximum atomic E-state index is 12.3. The van der Waals surface area contributed by atoms with Crippen LogP contribution < -0.4 is 10.2 Å². The molecule has 1 aliphatic heterocycles. The molecule has 2 aromatic carbocycles. The Balaban J connectivity index is 1.44. The van der Waals surface area contributed by atoms with Crippen LogP contribution >= 0.6 is 0 Å². The minimum absolute atomic E-state index is 0.0790. The molecule has 0 atom stereocenters. The zero-order valence-corrected chi connectivity index (χ0v) is 14.3. The number of carbonyl (C=O) groups is 2. The summed E-state index contributed by atoms with van der Waals surface area (Å²) < 4.78 is 11.1. The monoisotopic (exact) mass is 350 g/mol. The number of hydrogen-bond donors (Lipinski definition) is 1. The average Bonchev–Trinajstić information content (AvgIpc) is 3.23. The molecule has 0 saturated carbocycles. The van der Waals surface area contributed by atoms with E-state index < -0.39 is 5.97 Å². The van der Waals surface area contributed by atoms with Crippen molar-refractivity contribution in [2.24, 2.45) is 0 Å². The van der Waals surface area contributed by atoms with Gasteiger partial charge < -0.3 is 14.5 Å². The standard InChI is InChI=1S/C20H18N2O4/c1-13-16-4-2-3-5-17(16)26-18(13)12-25-19(23)14-6-8-15(9-7-14)22-11-10-21-20(22)24/h2-9H,10-12H2,1H3,(H,21,24). The minimum Gasteiger partial charge on any atom is -0.457 e. The lowest BCUT2D eigenvalue weighted by atomic mass is 10.1. The summed E-state index contributed by atoms with van der Waals surface area (Å²) >= 11 is 0. The molecule has 6 heteroatoms. The number of fused-ring (bicyclic) bond motifs is 1. The molecule has 1 aromatic heterocycles. The summed E-state index contributed by atoms with van der Waals surface area (Å²) in [6.45, 7) is 3.27. The molecule has 1 saturated heterocycles. The first-order valence-corrected chi connectivity index (χ1v) is 8.43. The lowest BCUT2D eigenvalue weighted by Crippen LogP contribution is -2.27. The number of ether oxygens (including phenoxy) is 1. The molecule has 2 amide bonds. The molecular formula is C20H18N2O4. The summed E-state index contributed by atoms with van der Waals surface area (Å²) in [7, 11) is 0. The van der Waals surface area contributed by atoms with Gasteiger partial charge in [0.1, 0.15) is 18.0 Å². The van der Waals surface area contributed by atoms with Gasteiger partial charge in [0.15, 0.2) is 0 Å². The van der Waals surface area contributed by atoms with Crippen LogP contribution in [0.1, 0.15) is 21.7 Å². The largest absolute Gasteiger partial charge is 0.457 e. The number of esters is 1. The van der Waals surface area contributed by atoms with Gasteiger partial charge in [-0.1, -0.05) is 18.2 Å². The quantitative estimate of drug-likeness (QED) is 0.730. The van der Waals surface area contributed by atoms with Crippen molar-refractivity contribution >= 4 is 28.7 Å². The molecule has 132 valence electrons. The molecule has 1 aliphatic rings. The highest BCUT2D eigenvalue weighted by Gasteiger charge is 2.21. The van der Waals surface area contributed by atoms with Gasteiger partial charge in [-0.05, 0) is 37.3 Å². The second kappa shape index (κ2) is 6.55. The number of carbonyl (C=O) groups excluding carboxylic acids is 2. The second-order valence-corrected chi connectivity index (χ2v) is 6.15. The van der Waals surface area contributed by atoms with Crippen LogP contribution in [0.4, 0.5) is 10.5 Å². The van der Waals surface area contributed by atoms with E-state index in [1.54, 1.807) is 29.2 Å². The summed E-state index contributed by atoms with van der Waals surface area (Å²) in [4.78, 5) is 25.6. The molecule has 4 rings (SSSR count). The van der Waals surface area contributed by atoms with Gasteiger partial charge in [0.2, 0.25) is 0 Å². The number of amides is 2. The van der Waals surface area contributed by atoms with E-state index in [2.05, 4.69) is 5.32 Å². The number of urea groups is 1. The zero-order chi connectivity index (χ0) is 18.1. The highest BCUT2D eigenvalue weighted by atomic mass is 16.5. The highest BCUT2D eigenvalue weighted by molar-refractivity contribution is 5.95. The third-order valence-corrected chi connectivity index (χ3v) is 4.55. The van der Waals surface area contributed by atoms with Crippen molar-refractivity contribution in [3.05, 3.63) is 65.4 Å². The lowest BCUT2D eigenvalue weighted by molar-refractivity contribution is 0.0446. The zero-order valence-electron chi connectivity index (χ0n) is 14.3. The van der Waals surface area contributed by atoms with Crippen molar-refractivity contribution in [2.75, 3.05) is 18.0 Å². The average molecular weight is 350 g/mol. The Kier molecular flexibility index (Phi) is 4.08. The maximum absolute atomic E-state index is 12.3. The second-order valence-electron chi connectivity index (χ2n) is 6.15. The normalized spacial score (nSPS) is 13.9. The van der Waals surface area contributed by atoms with Crippen LogP contribution in [-0.4, -0.2) is 25.1 Å². The van der Waals surface area contributed by atoms with E-state index in [0.29, 0.717) is 24.4 Å². The Hall–Kier alpha value is -3.28. The van der Waals surface area contributed by atoms with E-state index in [1.807, 2.05) is 31.2 Å². The van der Waals surface area contributed by atoms with Crippen LogP contribution in [0.2, 0.25) is 0 Å². The minimum atomic E-state index is -0.428. The molecule has 1 fully saturated rings. The van der Waals surface area contributed by atoms with Gasteiger partial charge in [-0.25, -0.2) is 9.59 Å². The lowest BCUT2D eigenvalue weighted by Gasteiger charge is -2.14. The van der Waals surface area contributed by atoms with Crippen LogP contribution in [0.3, 0.4) is 0 Å². The van der Waals surface area contributed by atoms with Gasteiger partial charge in [-0.3, -0.25) is 4.90 Å². The fraction of sp³-hybridized carbons (Fsp3) is 0.200. The summed E-state index contributed by atoms with van der Waals surface area (Å²) in [6.07, 6.45) is 0. The Morgan fingerprint density at radius 2 is 1.96 bits per heavy atom. The van der Waals surface area contributed by atoms with E-state index in [0.717, 1.165) is 22.2 Å². The fourth-order valence-corrected chi connectivity index (χ4v) is 3.07. The van der Waals surface area contributed by atoms with Crippen molar-refractivity contribution in [1.82, 2.24) is 5.32 Å². The van der Waals surface area contributed by atoms with E-state index in [9.17, 15) is 9.59 Å². The third kappa shape index (κ3) is 2.90. The van der Waals surface area contributed by atoms with Crippen LogP contribution in [0.5, 0.6) is 0 Å². The SMILES string of the molecule is Cc1c(COC(=O)c2ccc(N3CCNC3=O)cc2)oc2ccccc12. The molecular weight excluding hydrogens is 332 g/mol. The molecule has 0 unspecified atom stereocenters. The van der Waals surface area contributed by atoms with Gasteiger partial charge in [0.25, 0.3) is 0 Å². The van der Waals surface area contributed by atoms with Gasteiger partial charge >= 0.3 is 12.0 Å². The number of benzene rings is 2. The number of hydrogen-bond acceptors (Lipinski definition) is 4. The maximum Gasteiger partial charge on any atom is 0.338 e. The molecule has 0 bridgehead atoms. The smallest absolute Gasteiger partial charge is 0.338 e. The van der Waals surface area contributed by atoms with Gasteiger partial charge in [-0.2, -0.15) is 0 Å². The first kappa shape index (κ1) is 16.2. The Bertz CT molecular complexity index is 975. The number of para-hydroxylation sites is 1.